The van der Waals surface area contributed by atoms with Crippen molar-refractivity contribution in [2.45, 2.75) is 47.0 Å². The van der Waals surface area contributed by atoms with E-state index < -0.39 is 6.60 Å². The average molecular weight is 204 g/mol. The van der Waals surface area contributed by atoms with Crippen LogP contribution in [0.1, 0.15) is 47.0 Å². The molecule has 0 saturated carbocycles. The zero-order valence-electron chi connectivity index (χ0n) is 10.4. The molecule has 0 saturated heterocycles. The Kier molecular flexibility index (Phi) is 5.52. The maximum absolute atomic E-state index is 2.63. The van der Waals surface area contributed by atoms with Crippen molar-refractivity contribution in [3.8, 4) is 0 Å². The van der Waals surface area contributed by atoms with Crippen LogP contribution in [0.5, 0.6) is 0 Å². The van der Waals surface area contributed by atoms with Gasteiger partial charge < -0.3 is 0 Å². The van der Waals surface area contributed by atoms with Crippen molar-refractivity contribution in [3.63, 3.8) is 0 Å². The molecule has 0 heterocycles. The Morgan fingerprint density at radius 2 is 1.23 bits per heavy atom. The van der Waals surface area contributed by atoms with Gasteiger partial charge >= 0.3 is 84.9 Å². The fourth-order valence-electron chi connectivity index (χ4n) is 2.00. The Labute approximate surface area is 85.4 Å². The van der Waals surface area contributed by atoms with Crippen LogP contribution in [0.4, 0.5) is 0 Å². The number of unbranched alkanes of at least 4 members (excludes halogenated alkanes) is 2. The molecule has 82 valence electrons. The predicted molar refractivity (Wildman–Crippen MR) is 68.9 cm³/mol. The molecule has 0 aromatic heterocycles. The topological polar surface area (TPSA) is 0 Å². The van der Waals surface area contributed by atoms with Crippen LogP contribution in [-0.2, 0) is 0 Å². The second-order valence-electron chi connectivity index (χ2n) is 4.99. The average Bonchev–Trinajstić information content (AvgIpc) is 2.19. The van der Waals surface area contributed by atoms with Crippen LogP contribution < -0.4 is 0 Å². The molecule has 0 radical (unpaired) electrons. The van der Waals surface area contributed by atoms with E-state index in [1.54, 1.807) is 6.16 Å². The SMILES string of the molecule is CCCCCP(C)(CC)(CC)CC. The molecule has 0 unspecified atom stereocenters. The predicted octanol–water partition coefficient (Wildman–Crippen LogP) is 4.42. The molecule has 13 heavy (non-hydrogen) atoms. The van der Waals surface area contributed by atoms with E-state index in [4.69, 9.17) is 0 Å². The van der Waals surface area contributed by atoms with Gasteiger partial charge in [0, 0.05) is 0 Å². The Bertz CT molecular complexity index is 125. The van der Waals surface area contributed by atoms with E-state index in [-0.39, 0.29) is 0 Å². The van der Waals surface area contributed by atoms with E-state index in [2.05, 4.69) is 34.4 Å². The summed E-state index contributed by atoms with van der Waals surface area (Å²) in [6.45, 7) is 10.9. The first-order valence-electron chi connectivity index (χ1n) is 6.04. The molecule has 0 atom stereocenters. The summed E-state index contributed by atoms with van der Waals surface area (Å²) in [6.07, 6.45) is 10.2. The zero-order valence-corrected chi connectivity index (χ0v) is 11.3. The minimum atomic E-state index is -1.22. The van der Waals surface area contributed by atoms with E-state index in [1.807, 2.05) is 0 Å². The van der Waals surface area contributed by atoms with Gasteiger partial charge in [0.2, 0.25) is 0 Å². The maximum atomic E-state index is 2.63. The molecular weight excluding hydrogens is 175 g/mol. The molecule has 0 rings (SSSR count). The zero-order chi connectivity index (χ0) is 10.4. The molecular formula is C12H29P. The summed E-state index contributed by atoms with van der Waals surface area (Å²) in [6, 6.07) is 0. The molecule has 0 N–H and O–H groups in total. The van der Waals surface area contributed by atoms with Gasteiger partial charge in [-0.2, -0.15) is 0 Å². The van der Waals surface area contributed by atoms with Gasteiger partial charge in [0.05, 0.1) is 0 Å². The van der Waals surface area contributed by atoms with Crippen LogP contribution in [0.15, 0.2) is 0 Å². The van der Waals surface area contributed by atoms with Crippen LogP contribution in [-0.4, -0.2) is 31.3 Å². The van der Waals surface area contributed by atoms with Crippen LogP contribution in [0.25, 0.3) is 0 Å². The van der Waals surface area contributed by atoms with Crippen molar-refractivity contribution in [2.24, 2.45) is 0 Å². The van der Waals surface area contributed by atoms with Gasteiger partial charge in [0.15, 0.2) is 0 Å². The number of hydrogen-bond donors (Lipinski definition) is 0. The molecule has 0 fully saturated rings. The third-order valence-electron chi connectivity index (χ3n) is 4.42. The quantitative estimate of drug-likeness (QED) is 0.425. The van der Waals surface area contributed by atoms with Crippen molar-refractivity contribution in [1.29, 1.82) is 0 Å². The first-order chi connectivity index (χ1) is 6.04. The molecule has 0 aromatic rings. The van der Waals surface area contributed by atoms with Crippen LogP contribution in [0.3, 0.4) is 0 Å². The van der Waals surface area contributed by atoms with Gasteiger partial charge in [0.1, 0.15) is 0 Å². The van der Waals surface area contributed by atoms with Crippen molar-refractivity contribution >= 4 is 6.60 Å². The van der Waals surface area contributed by atoms with Crippen molar-refractivity contribution in [2.75, 3.05) is 31.3 Å². The first kappa shape index (κ1) is 13.4. The van der Waals surface area contributed by atoms with Crippen LogP contribution >= 0.6 is 6.60 Å². The van der Waals surface area contributed by atoms with Crippen molar-refractivity contribution < 1.29 is 0 Å². The molecule has 0 aliphatic rings. The fraction of sp³-hybridized carbons (Fsp3) is 1.00. The van der Waals surface area contributed by atoms with Gasteiger partial charge in [-0.1, -0.05) is 0 Å². The van der Waals surface area contributed by atoms with E-state index in [0.29, 0.717) is 0 Å². The van der Waals surface area contributed by atoms with Crippen LogP contribution in [0, 0.1) is 0 Å². The molecule has 0 aliphatic heterocycles. The number of rotatable bonds is 7. The first-order valence-corrected chi connectivity index (χ1v) is 9.46. The molecule has 0 aromatic carbocycles. The Balaban J connectivity index is 4.23. The third kappa shape index (κ3) is 3.58. The van der Waals surface area contributed by atoms with Gasteiger partial charge in [-0.3, -0.25) is 0 Å². The van der Waals surface area contributed by atoms with Gasteiger partial charge in [-0.15, -0.1) is 0 Å². The van der Waals surface area contributed by atoms with E-state index in [9.17, 15) is 0 Å². The van der Waals surface area contributed by atoms with Gasteiger partial charge in [-0.05, 0) is 0 Å². The van der Waals surface area contributed by atoms with Crippen LogP contribution in [0.2, 0.25) is 0 Å². The van der Waals surface area contributed by atoms with Crippen molar-refractivity contribution in [1.82, 2.24) is 0 Å². The van der Waals surface area contributed by atoms with Gasteiger partial charge in [0.25, 0.3) is 0 Å². The second-order valence-corrected chi connectivity index (χ2v) is 12.5. The Morgan fingerprint density at radius 3 is 1.54 bits per heavy atom. The number of hydrogen-bond acceptors (Lipinski definition) is 0. The molecule has 0 bridgehead atoms. The Morgan fingerprint density at radius 1 is 0.769 bits per heavy atom. The molecule has 0 amide bonds. The Hall–Kier alpha value is 0.430. The standard InChI is InChI=1S/C12H29P/c1-6-10-11-12-13(5,7-2,8-3)9-4/h6-12H2,1-5H3. The second kappa shape index (κ2) is 5.35. The normalized spacial score (nSPS) is 15.3. The summed E-state index contributed by atoms with van der Waals surface area (Å²) >= 11 is 0. The molecule has 0 spiro atoms. The van der Waals surface area contributed by atoms with E-state index in [1.165, 1.54) is 37.7 Å². The third-order valence-corrected chi connectivity index (χ3v) is 12.1. The summed E-state index contributed by atoms with van der Waals surface area (Å²) in [7, 11) is 0. The summed E-state index contributed by atoms with van der Waals surface area (Å²) < 4.78 is 0. The summed E-state index contributed by atoms with van der Waals surface area (Å²) in [5.41, 5.74) is 0. The molecule has 1 heteroatoms. The summed E-state index contributed by atoms with van der Waals surface area (Å²) in [5.74, 6) is 0. The monoisotopic (exact) mass is 204 g/mol. The summed E-state index contributed by atoms with van der Waals surface area (Å²) in [5, 5.41) is 0. The van der Waals surface area contributed by atoms with Gasteiger partial charge in [-0.25, -0.2) is 0 Å². The summed E-state index contributed by atoms with van der Waals surface area (Å²) in [4.78, 5) is 0. The minimum absolute atomic E-state index is 1.22. The molecule has 0 aliphatic carbocycles. The fourth-order valence-corrected chi connectivity index (χ4v) is 5.50. The molecule has 0 nitrogen and oxygen atoms in total. The van der Waals surface area contributed by atoms with E-state index in [0.717, 1.165) is 0 Å². The van der Waals surface area contributed by atoms with E-state index >= 15 is 0 Å². The van der Waals surface area contributed by atoms with Crippen molar-refractivity contribution in [3.05, 3.63) is 0 Å².